The molecular formula is C20H23ClF3N5O2. The van der Waals surface area contributed by atoms with Gasteiger partial charge in [0, 0.05) is 32.6 Å². The second-order valence-corrected chi connectivity index (χ2v) is 8.19. The lowest BCUT2D eigenvalue weighted by Gasteiger charge is -2.33. The lowest BCUT2D eigenvalue weighted by Crippen LogP contribution is -2.47. The van der Waals surface area contributed by atoms with Gasteiger partial charge < -0.3 is 19.9 Å². The topological polar surface area (TPSA) is 62.6 Å². The number of rotatable bonds is 3. The molecule has 2 aliphatic rings. The van der Waals surface area contributed by atoms with Crippen molar-refractivity contribution in [2.24, 2.45) is 0 Å². The van der Waals surface area contributed by atoms with Gasteiger partial charge in [-0.3, -0.25) is 4.79 Å². The summed E-state index contributed by atoms with van der Waals surface area (Å²) in [6.45, 7) is 2.30. The quantitative estimate of drug-likeness (QED) is 0.763. The van der Waals surface area contributed by atoms with Gasteiger partial charge in [-0.05, 0) is 24.7 Å². The van der Waals surface area contributed by atoms with Crippen molar-refractivity contribution in [3.05, 3.63) is 40.5 Å². The van der Waals surface area contributed by atoms with E-state index in [1.54, 1.807) is 29.2 Å². The van der Waals surface area contributed by atoms with E-state index in [4.69, 9.17) is 16.3 Å². The minimum atomic E-state index is -4.55. The zero-order valence-electron chi connectivity index (χ0n) is 17.1. The van der Waals surface area contributed by atoms with Crippen LogP contribution < -0.4 is 10.1 Å². The largest absolute Gasteiger partial charge is 0.497 e. The lowest BCUT2D eigenvalue weighted by molar-refractivity contribution is -0.173. The van der Waals surface area contributed by atoms with Crippen LogP contribution in [0, 0.1) is 0 Å². The molecule has 2 aromatic rings. The zero-order valence-corrected chi connectivity index (χ0v) is 17.9. The number of amides is 1. The molecule has 2 atom stereocenters. The van der Waals surface area contributed by atoms with Gasteiger partial charge in [-0.15, -0.1) is 0 Å². The molecular weight excluding hydrogens is 435 g/mol. The number of alkyl halides is 3. The first kappa shape index (κ1) is 21.8. The third-order valence-electron chi connectivity index (χ3n) is 5.81. The van der Waals surface area contributed by atoms with Crippen LogP contribution in [0.5, 0.6) is 5.75 Å². The van der Waals surface area contributed by atoms with Gasteiger partial charge in [-0.2, -0.15) is 18.3 Å². The second kappa shape index (κ2) is 8.23. The molecule has 168 valence electrons. The molecule has 11 heteroatoms. The summed E-state index contributed by atoms with van der Waals surface area (Å²) in [5.74, 6) is 0.160. The molecule has 0 saturated carbocycles. The summed E-state index contributed by atoms with van der Waals surface area (Å²) in [6.07, 6.45) is -4.83. The number of piperazine rings is 1. The van der Waals surface area contributed by atoms with Crippen molar-refractivity contribution in [2.75, 3.05) is 45.7 Å². The summed E-state index contributed by atoms with van der Waals surface area (Å²) in [5, 5.41) is 6.99. The first-order valence-electron chi connectivity index (χ1n) is 9.92. The highest BCUT2D eigenvalue weighted by molar-refractivity contribution is 6.36. The molecule has 31 heavy (non-hydrogen) atoms. The molecule has 2 aliphatic heterocycles. The number of aromatic nitrogens is 2. The van der Waals surface area contributed by atoms with E-state index < -0.39 is 24.2 Å². The molecule has 4 rings (SSSR count). The number of fused-ring (bicyclic) bond motifs is 1. The van der Waals surface area contributed by atoms with Crippen LogP contribution in [0.4, 0.5) is 19.0 Å². The smallest absolute Gasteiger partial charge is 0.410 e. The van der Waals surface area contributed by atoms with E-state index in [9.17, 15) is 18.0 Å². The maximum atomic E-state index is 13.9. The summed E-state index contributed by atoms with van der Waals surface area (Å²) < 4.78 is 47.7. The van der Waals surface area contributed by atoms with Gasteiger partial charge in [0.1, 0.15) is 16.6 Å². The maximum absolute atomic E-state index is 13.9. The number of benzene rings is 1. The Balaban J connectivity index is 1.68. The van der Waals surface area contributed by atoms with E-state index in [2.05, 4.69) is 15.3 Å². The number of carbonyl (C=O) groups is 1. The van der Waals surface area contributed by atoms with Crippen molar-refractivity contribution in [3.8, 4) is 5.75 Å². The molecule has 1 N–H and O–H groups in total. The van der Waals surface area contributed by atoms with Crippen molar-refractivity contribution in [1.29, 1.82) is 0 Å². The highest BCUT2D eigenvalue weighted by Crippen LogP contribution is 2.46. The standard InChI is InChI=1S/C20H23ClF3N5O2/c1-27-7-9-28(10-8-27)19(30)17-16(21)18-25-14(12-3-5-13(31-2)6-4-12)11-15(20(22,23)24)29(18)26-17/h3-6,14-15,25H,7-11H2,1-2H3/t14-,15+/m1/s1. The Morgan fingerprint density at radius 3 is 2.42 bits per heavy atom. The van der Waals surface area contributed by atoms with E-state index in [1.807, 2.05) is 7.05 Å². The molecule has 1 fully saturated rings. The Kier molecular flexibility index (Phi) is 5.78. The Hall–Kier alpha value is -2.46. The number of carbonyl (C=O) groups excluding carboxylic acids is 1. The highest BCUT2D eigenvalue weighted by Gasteiger charge is 2.48. The van der Waals surface area contributed by atoms with E-state index in [0.717, 1.165) is 4.68 Å². The number of anilines is 1. The number of ether oxygens (including phenoxy) is 1. The predicted octanol–water partition coefficient (Wildman–Crippen LogP) is 3.59. The molecule has 0 unspecified atom stereocenters. The fourth-order valence-electron chi connectivity index (χ4n) is 3.94. The van der Waals surface area contributed by atoms with Crippen molar-refractivity contribution in [2.45, 2.75) is 24.7 Å². The van der Waals surface area contributed by atoms with E-state index in [1.165, 1.54) is 7.11 Å². The van der Waals surface area contributed by atoms with Crippen LogP contribution in [0.25, 0.3) is 0 Å². The monoisotopic (exact) mass is 457 g/mol. The molecule has 0 spiro atoms. The molecule has 1 aromatic heterocycles. The third-order valence-corrected chi connectivity index (χ3v) is 6.16. The van der Waals surface area contributed by atoms with Crippen LogP contribution in [-0.4, -0.2) is 72.0 Å². The molecule has 0 radical (unpaired) electrons. The molecule has 1 saturated heterocycles. The molecule has 7 nitrogen and oxygen atoms in total. The Bertz CT molecular complexity index is 955. The Morgan fingerprint density at radius 2 is 1.84 bits per heavy atom. The van der Waals surface area contributed by atoms with Crippen LogP contribution in [0.2, 0.25) is 5.02 Å². The van der Waals surface area contributed by atoms with Crippen LogP contribution in [-0.2, 0) is 0 Å². The fraction of sp³-hybridized carbons (Fsp3) is 0.500. The number of nitrogens with one attached hydrogen (secondary N) is 1. The molecule has 0 aliphatic carbocycles. The van der Waals surface area contributed by atoms with Crippen molar-refractivity contribution >= 4 is 23.3 Å². The van der Waals surface area contributed by atoms with Crippen LogP contribution >= 0.6 is 11.6 Å². The van der Waals surface area contributed by atoms with E-state index in [-0.39, 0.29) is 23.0 Å². The summed E-state index contributed by atoms with van der Waals surface area (Å²) in [4.78, 5) is 16.6. The average molecular weight is 458 g/mol. The highest BCUT2D eigenvalue weighted by atomic mass is 35.5. The van der Waals surface area contributed by atoms with Gasteiger partial charge in [0.15, 0.2) is 11.7 Å². The lowest BCUT2D eigenvalue weighted by atomic mass is 9.97. The predicted molar refractivity (Wildman–Crippen MR) is 110 cm³/mol. The van der Waals surface area contributed by atoms with Crippen LogP contribution in [0.1, 0.15) is 34.6 Å². The van der Waals surface area contributed by atoms with Crippen molar-refractivity contribution < 1.29 is 22.7 Å². The number of methoxy groups -OCH3 is 1. The molecule has 1 amide bonds. The zero-order chi connectivity index (χ0) is 22.3. The molecule has 0 bridgehead atoms. The SMILES string of the molecule is COc1ccc([C@H]2C[C@@H](C(F)(F)F)n3nc(C(=O)N4CCN(C)CC4)c(Cl)c3N2)cc1. The van der Waals surface area contributed by atoms with Gasteiger partial charge in [-0.25, -0.2) is 4.68 Å². The minimum absolute atomic E-state index is 0.00790. The van der Waals surface area contributed by atoms with Gasteiger partial charge >= 0.3 is 6.18 Å². The second-order valence-electron chi connectivity index (χ2n) is 7.81. The summed E-state index contributed by atoms with van der Waals surface area (Å²) in [5.41, 5.74) is 0.504. The van der Waals surface area contributed by atoms with E-state index in [0.29, 0.717) is 37.5 Å². The average Bonchev–Trinajstić information content (AvgIpc) is 3.09. The number of hydrogen-bond acceptors (Lipinski definition) is 5. The first-order valence-corrected chi connectivity index (χ1v) is 10.3. The summed E-state index contributed by atoms with van der Waals surface area (Å²) >= 11 is 6.41. The van der Waals surface area contributed by atoms with Crippen LogP contribution in [0.3, 0.4) is 0 Å². The van der Waals surface area contributed by atoms with E-state index >= 15 is 0 Å². The number of nitrogens with zero attached hydrogens (tertiary/aromatic N) is 4. The van der Waals surface area contributed by atoms with Crippen LogP contribution in [0.15, 0.2) is 24.3 Å². The normalized spacial score (nSPS) is 22.1. The number of halogens is 4. The summed E-state index contributed by atoms with van der Waals surface area (Å²) in [6, 6.07) is 4.25. The Labute approximate surface area is 182 Å². The Morgan fingerprint density at radius 1 is 1.19 bits per heavy atom. The number of hydrogen-bond donors (Lipinski definition) is 1. The first-order chi connectivity index (χ1) is 14.7. The van der Waals surface area contributed by atoms with Crippen molar-refractivity contribution in [1.82, 2.24) is 19.6 Å². The van der Waals surface area contributed by atoms with Gasteiger partial charge in [0.2, 0.25) is 0 Å². The van der Waals surface area contributed by atoms with Crippen molar-refractivity contribution in [3.63, 3.8) is 0 Å². The van der Waals surface area contributed by atoms with Gasteiger partial charge in [0.05, 0.1) is 13.2 Å². The van der Waals surface area contributed by atoms with Gasteiger partial charge in [0.25, 0.3) is 5.91 Å². The minimum Gasteiger partial charge on any atom is -0.497 e. The number of likely N-dealkylation sites (N-methyl/N-ethyl adjacent to an activating group) is 1. The summed E-state index contributed by atoms with van der Waals surface area (Å²) in [7, 11) is 3.46. The van der Waals surface area contributed by atoms with Gasteiger partial charge in [-0.1, -0.05) is 23.7 Å². The molecule has 3 heterocycles. The molecule has 1 aromatic carbocycles. The fourth-order valence-corrected chi connectivity index (χ4v) is 4.20. The maximum Gasteiger partial charge on any atom is 0.410 e. The third kappa shape index (κ3) is 4.18.